The highest BCUT2D eigenvalue weighted by Crippen LogP contribution is 2.12. The third-order valence-corrected chi connectivity index (χ3v) is 1.79. The molecule has 0 fully saturated rings. The van der Waals surface area contributed by atoms with Crippen LogP contribution in [0.25, 0.3) is 0 Å². The number of aromatic amines is 1. The number of carboxylic acid groups (broad SMARTS) is 1. The zero-order valence-corrected chi connectivity index (χ0v) is 6.53. The maximum atomic E-state index is 11.2. The van der Waals surface area contributed by atoms with Crippen LogP contribution >= 0.6 is 0 Å². The van der Waals surface area contributed by atoms with E-state index in [1.165, 1.54) is 0 Å². The van der Waals surface area contributed by atoms with Gasteiger partial charge in [-0.05, 0) is 0 Å². The fraction of sp³-hybridized carbons (Fsp3) is 0.286. The van der Waals surface area contributed by atoms with E-state index in [0.29, 0.717) is 11.3 Å². The number of H-pyrrole nitrogens is 1. The number of aromatic carboxylic acids is 1. The molecule has 2 N–H and O–H groups in total. The number of nitrogens with one attached hydrogen (secondary N) is 1. The molecule has 13 heavy (non-hydrogen) atoms. The quantitative estimate of drug-likeness (QED) is 0.610. The molecule has 0 aromatic carbocycles. The Balaban J connectivity index is 2.62. The van der Waals surface area contributed by atoms with Gasteiger partial charge in [0.05, 0.1) is 24.5 Å². The second kappa shape index (κ2) is 2.67. The van der Waals surface area contributed by atoms with Gasteiger partial charge in [-0.1, -0.05) is 0 Å². The van der Waals surface area contributed by atoms with Crippen molar-refractivity contribution in [2.45, 2.75) is 13.2 Å². The normalized spacial score (nSPS) is 14.2. The summed E-state index contributed by atoms with van der Waals surface area (Å²) in [4.78, 5) is 27.6. The molecule has 0 radical (unpaired) electrons. The Morgan fingerprint density at radius 2 is 2.31 bits per heavy atom. The molecular weight excluding hydrogens is 176 g/mol. The number of nitrogens with zero attached hydrogens (tertiary/aromatic N) is 1. The van der Waals surface area contributed by atoms with Crippen LogP contribution < -0.4 is 5.56 Å². The van der Waals surface area contributed by atoms with Gasteiger partial charge in [-0.2, -0.15) is 0 Å². The molecule has 1 aliphatic heterocycles. The summed E-state index contributed by atoms with van der Waals surface area (Å²) in [6.07, 6.45) is 0. The Labute approximate surface area is 72.2 Å². The number of hydrogen-bond donors (Lipinski definition) is 2. The first-order chi connectivity index (χ1) is 6.18. The van der Waals surface area contributed by atoms with Crippen LogP contribution in [0.4, 0.5) is 0 Å². The van der Waals surface area contributed by atoms with Gasteiger partial charge in [-0.25, -0.2) is 9.78 Å². The predicted molar refractivity (Wildman–Crippen MR) is 40.3 cm³/mol. The van der Waals surface area contributed by atoms with E-state index in [1.54, 1.807) is 0 Å². The van der Waals surface area contributed by atoms with Gasteiger partial charge in [-0.15, -0.1) is 0 Å². The summed E-state index contributed by atoms with van der Waals surface area (Å²) in [5, 5.41) is 8.57. The SMILES string of the molecule is O=C(O)c1nc2c(c(=O)[nH]1)COC2. The number of fused-ring (bicyclic) bond motifs is 1. The second-order valence-electron chi connectivity index (χ2n) is 2.64. The Bertz CT molecular complexity index is 423. The summed E-state index contributed by atoms with van der Waals surface area (Å²) in [5.41, 5.74) is 0.408. The number of carbonyl (C=O) groups is 1. The number of hydrogen-bond acceptors (Lipinski definition) is 4. The van der Waals surface area contributed by atoms with E-state index >= 15 is 0 Å². The summed E-state index contributed by atoms with van der Waals surface area (Å²) in [5.74, 6) is -1.58. The first-order valence-electron chi connectivity index (χ1n) is 3.61. The summed E-state index contributed by atoms with van der Waals surface area (Å²) < 4.78 is 4.96. The third-order valence-electron chi connectivity index (χ3n) is 1.79. The molecule has 0 saturated heterocycles. The van der Waals surface area contributed by atoms with Gasteiger partial charge >= 0.3 is 5.97 Å². The number of ether oxygens (including phenoxy) is 1. The van der Waals surface area contributed by atoms with E-state index in [2.05, 4.69) is 9.97 Å². The standard InChI is InChI=1S/C7H6N2O4/c10-6-3-1-13-2-4(3)8-5(9-6)7(11)12/h1-2H2,(H,11,12)(H,8,9,10). The smallest absolute Gasteiger partial charge is 0.372 e. The van der Waals surface area contributed by atoms with Crippen LogP contribution in [0, 0.1) is 0 Å². The minimum absolute atomic E-state index is 0.206. The van der Waals surface area contributed by atoms with Crippen molar-refractivity contribution in [3.05, 3.63) is 27.4 Å². The van der Waals surface area contributed by atoms with Crippen LogP contribution in [-0.4, -0.2) is 21.0 Å². The van der Waals surface area contributed by atoms with Crippen LogP contribution in [0.5, 0.6) is 0 Å². The summed E-state index contributed by atoms with van der Waals surface area (Å²) in [6, 6.07) is 0. The zero-order valence-electron chi connectivity index (χ0n) is 6.53. The van der Waals surface area contributed by atoms with Crippen molar-refractivity contribution in [2.24, 2.45) is 0 Å². The van der Waals surface area contributed by atoms with Crippen LogP contribution in [0.1, 0.15) is 21.9 Å². The van der Waals surface area contributed by atoms with Gasteiger partial charge in [0.15, 0.2) is 0 Å². The summed E-state index contributed by atoms with van der Waals surface area (Å²) >= 11 is 0. The molecule has 68 valence electrons. The third kappa shape index (κ3) is 1.20. The number of carboxylic acids is 1. The molecule has 2 rings (SSSR count). The molecule has 1 aliphatic rings. The molecule has 2 heterocycles. The van der Waals surface area contributed by atoms with E-state index in [1.807, 2.05) is 0 Å². The highest BCUT2D eigenvalue weighted by Gasteiger charge is 2.19. The molecule has 0 bridgehead atoms. The van der Waals surface area contributed by atoms with Crippen molar-refractivity contribution >= 4 is 5.97 Å². The molecule has 0 unspecified atom stereocenters. The second-order valence-corrected chi connectivity index (χ2v) is 2.64. The molecule has 0 aliphatic carbocycles. The molecule has 0 saturated carbocycles. The van der Waals surface area contributed by atoms with Gasteiger partial charge in [0.1, 0.15) is 0 Å². The molecule has 0 spiro atoms. The minimum atomic E-state index is -1.24. The maximum absolute atomic E-state index is 11.2. The number of rotatable bonds is 1. The lowest BCUT2D eigenvalue weighted by molar-refractivity contribution is 0.0682. The van der Waals surface area contributed by atoms with Crippen LogP contribution in [-0.2, 0) is 18.0 Å². The Kier molecular flexibility index (Phi) is 1.63. The van der Waals surface area contributed by atoms with Gasteiger partial charge < -0.3 is 14.8 Å². The van der Waals surface area contributed by atoms with Gasteiger partial charge in [0, 0.05) is 0 Å². The first-order valence-corrected chi connectivity index (χ1v) is 3.61. The fourth-order valence-corrected chi connectivity index (χ4v) is 1.16. The Morgan fingerprint density at radius 3 is 3.00 bits per heavy atom. The lowest BCUT2D eigenvalue weighted by atomic mass is 10.3. The van der Waals surface area contributed by atoms with Crippen molar-refractivity contribution in [1.29, 1.82) is 0 Å². The van der Waals surface area contributed by atoms with Crippen molar-refractivity contribution in [3.63, 3.8) is 0 Å². The van der Waals surface area contributed by atoms with Gasteiger partial charge in [0.25, 0.3) is 5.56 Å². The summed E-state index contributed by atoms with van der Waals surface area (Å²) in [6.45, 7) is 0.414. The van der Waals surface area contributed by atoms with Crippen molar-refractivity contribution in [1.82, 2.24) is 9.97 Å². The van der Waals surface area contributed by atoms with Gasteiger partial charge in [0.2, 0.25) is 5.82 Å². The molecule has 0 amide bonds. The van der Waals surface area contributed by atoms with Crippen LogP contribution in [0.15, 0.2) is 4.79 Å². The van der Waals surface area contributed by atoms with Crippen molar-refractivity contribution in [3.8, 4) is 0 Å². The Morgan fingerprint density at radius 1 is 1.54 bits per heavy atom. The Hall–Kier alpha value is -1.69. The van der Waals surface area contributed by atoms with Crippen LogP contribution in [0.3, 0.4) is 0 Å². The van der Waals surface area contributed by atoms with Crippen molar-refractivity contribution < 1.29 is 14.6 Å². The zero-order chi connectivity index (χ0) is 9.42. The molecular formula is C7H6N2O4. The van der Waals surface area contributed by atoms with E-state index in [4.69, 9.17) is 9.84 Å². The molecule has 6 nitrogen and oxygen atoms in total. The van der Waals surface area contributed by atoms with E-state index in [0.717, 1.165) is 0 Å². The van der Waals surface area contributed by atoms with Gasteiger partial charge in [-0.3, -0.25) is 4.79 Å². The molecule has 6 heteroatoms. The van der Waals surface area contributed by atoms with Crippen LogP contribution in [0.2, 0.25) is 0 Å². The lowest BCUT2D eigenvalue weighted by Crippen LogP contribution is -2.19. The minimum Gasteiger partial charge on any atom is -0.475 e. The average Bonchev–Trinajstić information content (AvgIpc) is 2.51. The van der Waals surface area contributed by atoms with E-state index in [-0.39, 0.29) is 19.0 Å². The average molecular weight is 182 g/mol. The topological polar surface area (TPSA) is 92.3 Å². The maximum Gasteiger partial charge on any atom is 0.372 e. The van der Waals surface area contributed by atoms with E-state index in [9.17, 15) is 9.59 Å². The summed E-state index contributed by atoms with van der Waals surface area (Å²) in [7, 11) is 0. The first kappa shape index (κ1) is 7.93. The molecule has 0 atom stereocenters. The highest BCUT2D eigenvalue weighted by molar-refractivity contribution is 5.83. The highest BCUT2D eigenvalue weighted by atomic mass is 16.5. The van der Waals surface area contributed by atoms with E-state index < -0.39 is 11.5 Å². The monoisotopic (exact) mass is 182 g/mol. The largest absolute Gasteiger partial charge is 0.475 e. The molecule has 1 aromatic rings. The number of aromatic nitrogens is 2. The molecule has 1 aromatic heterocycles. The predicted octanol–water partition coefficient (Wildman–Crippen LogP) is -0.502. The fourth-order valence-electron chi connectivity index (χ4n) is 1.16. The lowest BCUT2D eigenvalue weighted by Gasteiger charge is -1.96. The van der Waals surface area contributed by atoms with Crippen molar-refractivity contribution in [2.75, 3.05) is 0 Å².